The number of nitrogens with two attached hydrogens (primary N) is 1. The zero-order chi connectivity index (χ0) is 24.7. The molecular weight excluding hydrogens is 481 g/mol. The Bertz CT molecular complexity index is 1400. The molecule has 0 atom stereocenters. The lowest BCUT2D eigenvalue weighted by molar-refractivity contribution is 0.416. The molecule has 35 heavy (non-hydrogen) atoms. The van der Waals surface area contributed by atoms with E-state index in [1.54, 1.807) is 6.20 Å². The molecule has 2 aromatic heterocycles. The summed E-state index contributed by atoms with van der Waals surface area (Å²) in [5.74, 6) is 0.409. The molecule has 5 rings (SSSR count). The van der Waals surface area contributed by atoms with Crippen LogP contribution in [0.3, 0.4) is 0 Å². The molecule has 0 bridgehead atoms. The highest BCUT2D eigenvalue weighted by atomic mass is 35.5. The number of anilines is 4. The molecule has 7 nitrogen and oxygen atoms in total. The maximum Gasteiger partial charge on any atom is 0.227 e. The van der Waals surface area contributed by atoms with Crippen LogP contribution in [0.1, 0.15) is 12.0 Å². The van der Waals surface area contributed by atoms with Crippen LogP contribution < -0.4 is 16.0 Å². The number of para-hydroxylation sites is 1. The number of likely N-dealkylation sites (N-methyl/N-ethyl adjacent to an activating group) is 2. The molecule has 3 N–H and O–H groups in total. The van der Waals surface area contributed by atoms with Gasteiger partial charge in [0.1, 0.15) is 0 Å². The van der Waals surface area contributed by atoms with E-state index in [1.165, 1.54) is 11.1 Å². The highest BCUT2D eigenvalue weighted by Crippen LogP contribution is 2.38. The summed E-state index contributed by atoms with van der Waals surface area (Å²) in [6, 6.07) is 10.1. The topological polar surface area (TPSA) is 75.2 Å². The zero-order valence-electron chi connectivity index (χ0n) is 20.1. The van der Waals surface area contributed by atoms with Gasteiger partial charge in [0.15, 0.2) is 0 Å². The highest BCUT2D eigenvalue weighted by molar-refractivity contribution is 6.34. The molecule has 3 heterocycles. The predicted molar refractivity (Wildman–Crippen MR) is 147 cm³/mol. The van der Waals surface area contributed by atoms with E-state index >= 15 is 0 Å². The van der Waals surface area contributed by atoms with Gasteiger partial charge in [-0.15, -0.1) is 0 Å². The molecule has 1 aliphatic heterocycles. The monoisotopic (exact) mass is 509 g/mol. The first-order valence-corrected chi connectivity index (χ1v) is 12.4. The molecule has 0 aliphatic carbocycles. The predicted octanol–water partition coefficient (Wildman–Crippen LogP) is 5.67. The maximum atomic E-state index is 6.63. The second-order valence-electron chi connectivity index (χ2n) is 9.28. The molecule has 2 aromatic carbocycles. The van der Waals surface area contributed by atoms with Gasteiger partial charge in [-0.25, -0.2) is 9.97 Å². The third-order valence-electron chi connectivity index (χ3n) is 6.48. The van der Waals surface area contributed by atoms with Crippen LogP contribution in [-0.2, 0) is 13.0 Å². The van der Waals surface area contributed by atoms with Crippen LogP contribution >= 0.6 is 23.2 Å². The molecule has 4 aromatic rings. The zero-order valence-corrected chi connectivity index (χ0v) is 21.7. The van der Waals surface area contributed by atoms with Crippen molar-refractivity contribution >= 4 is 57.1 Å². The second kappa shape index (κ2) is 9.57. The van der Waals surface area contributed by atoms with Gasteiger partial charge in [0.2, 0.25) is 5.95 Å². The molecule has 0 radical (unpaired) electrons. The molecule has 0 unspecified atom stereocenters. The van der Waals surface area contributed by atoms with Gasteiger partial charge in [-0.1, -0.05) is 41.4 Å². The SMILES string of the molecule is CN(C)CCN(C)c1cc(Cl)c(Nc2ncc(Cl)c(-c3cn4c5c(cccc35)CCC4)n2)cc1N. The number of nitrogens with zero attached hydrogens (tertiary/aromatic N) is 5. The Labute approximate surface area is 215 Å². The van der Waals surface area contributed by atoms with Crippen molar-refractivity contribution in [2.24, 2.45) is 0 Å². The van der Waals surface area contributed by atoms with E-state index in [-0.39, 0.29) is 0 Å². The average Bonchev–Trinajstić information content (AvgIpc) is 3.21. The number of aryl methyl sites for hydroxylation is 2. The minimum absolute atomic E-state index is 0.409. The average molecular weight is 510 g/mol. The van der Waals surface area contributed by atoms with Gasteiger partial charge >= 0.3 is 0 Å². The maximum absolute atomic E-state index is 6.63. The Morgan fingerprint density at radius 3 is 2.74 bits per heavy atom. The van der Waals surface area contributed by atoms with Gasteiger partial charge < -0.3 is 25.4 Å². The number of hydrogen-bond acceptors (Lipinski definition) is 6. The van der Waals surface area contributed by atoms with Gasteiger partial charge in [-0.05, 0) is 44.6 Å². The van der Waals surface area contributed by atoms with E-state index < -0.39 is 0 Å². The summed E-state index contributed by atoms with van der Waals surface area (Å²) in [6.45, 7) is 2.73. The van der Waals surface area contributed by atoms with Crippen molar-refractivity contribution in [3.8, 4) is 11.3 Å². The quantitative estimate of drug-likeness (QED) is 0.312. The Balaban J connectivity index is 1.46. The van der Waals surface area contributed by atoms with Crippen molar-refractivity contribution in [3.05, 3.63) is 58.3 Å². The van der Waals surface area contributed by atoms with Crippen molar-refractivity contribution in [2.75, 3.05) is 50.2 Å². The van der Waals surface area contributed by atoms with Crippen LogP contribution in [0, 0.1) is 0 Å². The number of halogens is 2. The molecule has 0 saturated heterocycles. The fourth-order valence-electron chi connectivity index (χ4n) is 4.66. The summed E-state index contributed by atoms with van der Waals surface area (Å²) in [6.07, 6.45) is 5.99. The normalized spacial score (nSPS) is 13.0. The molecule has 0 spiro atoms. The lowest BCUT2D eigenvalue weighted by Crippen LogP contribution is -2.29. The third-order valence-corrected chi connectivity index (χ3v) is 7.07. The highest BCUT2D eigenvalue weighted by Gasteiger charge is 2.20. The van der Waals surface area contributed by atoms with E-state index in [9.17, 15) is 0 Å². The van der Waals surface area contributed by atoms with Gasteiger partial charge in [0.05, 0.1) is 44.5 Å². The Morgan fingerprint density at radius 1 is 1.11 bits per heavy atom. The van der Waals surface area contributed by atoms with Crippen molar-refractivity contribution in [1.82, 2.24) is 19.4 Å². The van der Waals surface area contributed by atoms with E-state index in [0.717, 1.165) is 49.1 Å². The first-order chi connectivity index (χ1) is 16.8. The number of benzene rings is 2. The van der Waals surface area contributed by atoms with Crippen LogP contribution in [0.25, 0.3) is 22.2 Å². The molecule has 0 amide bonds. The number of rotatable bonds is 7. The number of aromatic nitrogens is 3. The Hall–Kier alpha value is -3.00. The van der Waals surface area contributed by atoms with Crippen molar-refractivity contribution in [3.63, 3.8) is 0 Å². The van der Waals surface area contributed by atoms with Crippen LogP contribution in [0.5, 0.6) is 0 Å². The van der Waals surface area contributed by atoms with Crippen LogP contribution in [-0.4, -0.2) is 53.7 Å². The lowest BCUT2D eigenvalue weighted by Gasteiger charge is -2.24. The molecule has 9 heteroatoms. The van der Waals surface area contributed by atoms with Crippen LogP contribution in [0.2, 0.25) is 10.0 Å². The van der Waals surface area contributed by atoms with Gasteiger partial charge in [0.25, 0.3) is 0 Å². The number of nitrogens with one attached hydrogen (secondary N) is 1. The summed E-state index contributed by atoms with van der Waals surface area (Å²) in [4.78, 5) is 13.4. The molecular formula is C26H29Cl2N7. The Morgan fingerprint density at radius 2 is 1.94 bits per heavy atom. The van der Waals surface area contributed by atoms with E-state index in [2.05, 4.69) is 49.1 Å². The molecule has 1 aliphatic rings. The molecule has 0 saturated carbocycles. The fraction of sp³-hybridized carbons (Fsp3) is 0.308. The summed E-state index contributed by atoms with van der Waals surface area (Å²) in [7, 11) is 6.09. The Kier molecular flexibility index (Phi) is 6.49. The van der Waals surface area contributed by atoms with Gasteiger partial charge in [0, 0.05) is 43.8 Å². The second-order valence-corrected chi connectivity index (χ2v) is 10.1. The van der Waals surface area contributed by atoms with Crippen LogP contribution in [0.4, 0.5) is 23.0 Å². The lowest BCUT2D eigenvalue weighted by atomic mass is 10.0. The minimum atomic E-state index is 0.409. The summed E-state index contributed by atoms with van der Waals surface area (Å²) in [5.41, 5.74) is 12.9. The number of nitrogen functional groups attached to an aromatic ring is 1. The first-order valence-electron chi connectivity index (χ1n) is 11.7. The fourth-order valence-corrected chi connectivity index (χ4v) is 5.06. The smallest absolute Gasteiger partial charge is 0.227 e. The van der Waals surface area contributed by atoms with Gasteiger partial charge in [-0.3, -0.25) is 0 Å². The largest absolute Gasteiger partial charge is 0.397 e. The molecule has 182 valence electrons. The van der Waals surface area contributed by atoms with E-state index in [0.29, 0.717) is 33.1 Å². The summed E-state index contributed by atoms with van der Waals surface area (Å²) >= 11 is 13.2. The van der Waals surface area contributed by atoms with Crippen LogP contribution in [0.15, 0.2) is 42.7 Å². The third kappa shape index (κ3) is 4.63. The minimum Gasteiger partial charge on any atom is -0.397 e. The summed E-state index contributed by atoms with van der Waals surface area (Å²) < 4.78 is 2.30. The van der Waals surface area contributed by atoms with Crippen molar-refractivity contribution in [2.45, 2.75) is 19.4 Å². The summed E-state index contributed by atoms with van der Waals surface area (Å²) in [5, 5.41) is 5.43. The van der Waals surface area contributed by atoms with E-state index in [4.69, 9.17) is 33.9 Å². The molecule has 0 fully saturated rings. The van der Waals surface area contributed by atoms with Gasteiger partial charge in [-0.2, -0.15) is 0 Å². The van der Waals surface area contributed by atoms with Crippen molar-refractivity contribution in [1.29, 1.82) is 0 Å². The first kappa shape index (κ1) is 23.7. The standard InChI is InChI=1S/C26H29Cl2N7/c1-33(2)10-11-34(3)23-12-19(27)22(13-21(23)29)31-26-30-14-20(28)24(32-26)18-15-35-9-5-7-16-6-4-8-17(18)25(16)35/h4,6,8,12-15H,5,7,9-11,29H2,1-3H3,(H,30,31,32). The van der Waals surface area contributed by atoms with Crippen molar-refractivity contribution < 1.29 is 0 Å². The number of hydrogen-bond donors (Lipinski definition) is 2. The van der Waals surface area contributed by atoms with E-state index in [1.807, 2.05) is 33.3 Å².